The fraction of sp³-hybridized carbons (Fsp3) is 0.444. The highest BCUT2D eigenvalue weighted by atomic mass is 32.2. The second-order valence-corrected chi connectivity index (χ2v) is 4.06. The van der Waals surface area contributed by atoms with Crippen LogP contribution in [0.15, 0.2) is 23.4 Å². The van der Waals surface area contributed by atoms with Crippen LogP contribution in [0.1, 0.15) is 0 Å². The maximum Gasteiger partial charge on any atom is 0.411 e. The monoisotopic (exact) mass is 252 g/mol. The van der Waals surface area contributed by atoms with Crippen molar-refractivity contribution in [2.75, 3.05) is 24.7 Å². The van der Waals surface area contributed by atoms with Crippen molar-refractivity contribution in [3.63, 3.8) is 0 Å². The van der Waals surface area contributed by atoms with Crippen molar-refractivity contribution in [3.05, 3.63) is 18.3 Å². The van der Waals surface area contributed by atoms with E-state index in [-0.39, 0.29) is 6.61 Å². The third kappa shape index (κ3) is 5.82. The summed E-state index contributed by atoms with van der Waals surface area (Å²) in [6, 6.07) is 3.40. The number of thioether (sulfide) groups is 1. The third-order valence-electron chi connectivity index (χ3n) is 1.50. The molecule has 1 aromatic heterocycles. The molecule has 2 N–H and O–H groups in total. The van der Waals surface area contributed by atoms with Gasteiger partial charge in [-0.3, -0.25) is 0 Å². The predicted octanol–water partition coefficient (Wildman–Crippen LogP) is 2.33. The first-order chi connectivity index (χ1) is 7.47. The Labute approximate surface area is 95.2 Å². The molecule has 0 saturated heterocycles. The molecular weight excluding hydrogens is 241 g/mol. The van der Waals surface area contributed by atoms with E-state index in [0.29, 0.717) is 16.5 Å². The number of aromatic nitrogens is 1. The van der Waals surface area contributed by atoms with E-state index >= 15 is 0 Å². The summed E-state index contributed by atoms with van der Waals surface area (Å²) >= 11 is 1.32. The van der Waals surface area contributed by atoms with E-state index in [1.807, 2.05) is 0 Å². The standard InChI is InChI=1S/C9H11F3N2OS/c10-9(11,12)6-15-3-4-16-8-2-1-7(13)5-14-8/h1-2,5H,3-4,6,13H2. The summed E-state index contributed by atoms with van der Waals surface area (Å²) in [5.74, 6) is 0.424. The molecule has 16 heavy (non-hydrogen) atoms. The van der Waals surface area contributed by atoms with Crippen LogP contribution in [0.4, 0.5) is 18.9 Å². The second-order valence-electron chi connectivity index (χ2n) is 2.95. The van der Waals surface area contributed by atoms with Crippen molar-refractivity contribution in [2.45, 2.75) is 11.2 Å². The Morgan fingerprint density at radius 3 is 2.69 bits per heavy atom. The van der Waals surface area contributed by atoms with Crippen molar-refractivity contribution in [3.8, 4) is 0 Å². The molecule has 0 atom stereocenters. The average Bonchev–Trinajstić information content (AvgIpc) is 2.19. The minimum atomic E-state index is -4.26. The van der Waals surface area contributed by atoms with Gasteiger partial charge in [-0.05, 0) is 12.1 Å². The summed E-state index contributed by atoms with van der Waals surface area (Å²) in [6.45, 7) is -1.17. The summed E-state index contributed by atoms with van der Waals surface area (Å²) in [4.78, 5) is 3.98. The molecule has 0 aromatic carbocycles. The lowest BCUT2D eigenvalue weighted by atomic mass is 10.4. The van der Waals surface area contributed by atoms with Gasteiger partial charge in [0.2, 0.25) is 0 Å². The summed E-state index contributed by atoms with van der Waals surface area (Å²) in [5, 5.41) is 0.713. The van der Waals surface area contributed by atoms with Crippen LogP contribution in [0, 0.1) is 0 Å². The summed E-state index contributed by atoms with van der Waals surface area (Å²) in [5.41, 5.74) is 5.98. The highest BCUT2D eigenvalue weighted by molar-refractivity contribution is 7.99. The zero-order valence-electron chi connectivity index (χ0n) is 8.33. The number of nitrogen functional groups attached to an aromatic ring is 1. The zero-order valence-corrected chi connectivity index (χ0v) is 9.14. The van der Waals surface area contributed by atoms with Gasteiger partial charge in [0.15, 0.2) is 0 Å². The molecule has 1 heterocycles. The quantitative estimate of drug-likeness (QED) is 0.645. The third-order valence-corrected chi connectivity index (χ3v) is 2.41. The Bertz CT molecular complexity index is 316. The first-order valence-electron chi connectivity index (χ1n) is 4.46. The topological polar surface area (TPSA) is 48.1 Å². The van der Waals surface area contributed by atoms with Crippen molar-refractivity contribution < 1.29 is 17.9 Å². The van der Waals surface area contributed by atoms with Gasteiger partial charge >= 0.3 is 6.18 Å². The molecule has 90 valence electrons. The Kier molecular flexibility index (Phi) is 4.88. The van der Waals surface area contributed by atoms with E-state index in [2.05, 4.69) is 9.72 Å². The van der Waals surface area contributed by atoms with Crippen molar-refractivity contribution >= 4 is 17.4 Å². The first kappa shape index (κ1) is 13.1. The number of alkyl halides is 3. The van der Waals surface area contributed by atoms with Gasteiger partial charge in [-0.25, -0.2) is 4.98 Å². The number of nitrogens with zero attached hydrogens (tertiary/aromatic N) is 1. The van der Waals surface area contributed by atoms with E-state index in [0.717, 1.165) is 0 Å². The van der Waals surface area contributed by atoms with Crippen LogP contribution in [0.5, 0.6) is 0 Å². The van der Waals surface area contributed by atoms with Gasteiger partial charge in [0, 0.05) is 5.75 Å². The first-order valence-corrected chi connectivity index (χ1v) is 5.45. The number of hydrogen-bond donors (Lipinski definition) is 1. The Balaban J connectivity index is 2.14. The highest BCUT2D eigenvalue weighted by Crippen LogP contribution is 2.17. The fourth-order valence-corrected chi connectivity index (χ4v) is 1.57. The highest BCUT2D eigenvalue weighted by Gasteiger charge is 2.27. The lowest BCUT2D eigenvalue weighted by Crippen LogP contribution is -2.17. The molecule has 7 heteroatoms. The molecule has 3 nitrogen and oxygen atoms in total. The van der Waals surface area contributed by atoms with E-state index in [9.17, 15) is 13.2 Å². The Morgan fingerprint density at radius 1 is 1.38 bits per heavy atom. The predicted molar refractivity (Wildman–Crippen MR) is 56.2 cm³/mol. The molecule has 1 aromatic rings. The molecular formula is C9H11F3N2OS. The SMILES string of the molecule is Nc1ccc(SCCOCC(F)(F)F)nc1. The number of pyridine rings is 1. The van der Waals surface area contributed by atoms with E-state index in [1.165, 1.54) is 18.0 Å². The Hall–Kier alpha value is -0.950. The smallest absolute Gasteiger partial charge is 0.397 e. The molecule has 0 bridgehead atoms. The number of hydrogen-bond acceptors (Lipinski definition) is 4. The zero-order chi connectivity index (χ0) is 12.0. The van der Waals surface area contributed by atoms with Crippen LogP contribution in [0.25, 0.3) is 0 Å². The van der Waals surface area contributed by atoms with E-state index in [4.69, 9.17) is 5.73 Å². The van der Waals surface area contributed by atoms with Crippen LogP contribution < -0.4 is 5.73 Å². The van der Waals surface area contributed by atoms with Gasteiger partial charge in [-0.15, -0.1) is 11.8 Å². The number of rotatable bonds is 5. The average molecular weight is 252 g/mol. The van der Waals surface area contributed by atoms with Gasteiger partial charge in [-0.1, -0.05) is 0 Å². The molecule has 0 fully saturated rings. The van der Waals surface area contributed by atoms with Gasteiger partial charge in [-0.2, -0.15) is 13.2 Å². The van der Waals surface area contributed by atoms with Crippen molar-refractivity contribution in [2.24, 2.45) is 0 Å². The van der Waals surface area contributed by atoms with E-state index in [1.54, 1.807) is 12.1 Å². The molecule has 0 aliphatic carbocycles. The molecule has 0 aliphatic rings. The van der Waals surface area contributed by atoms with Crippen LogP contribution in [-0.4, -0.2) is 30.1 Å². The Morgan fingerprint density at radius 2 is 2.12 bits per heavy atom. The van der Waals surface area contributed by atoms with Crippen LogP contribution in [-0.2, 0) is 4.74 Å². The minimum absolute atomic E-state index is 0.0379. The largest absolute Gasteiger partial charge is 0.411 e. The van der Waals surface area contributed by atoms with Crippen LogP contribution in [0.3, 0.4) is 0 Å². The molecule has 0 amide bonds. The number of nitrogens with two attached hydrogens (primary N) is 1. The molecule has 0 spiro atoms. The molecule has 0 aliphatic heterocycles. The fourth-order valence-electron chi connectivity index (χ4n) is 0.870. The van der Waals surface area contributed by atoms with Crippen molar-refractivity contribution in [1.29, 1.82) is 0 Å². The van der Waals surface area contributed by atoms with Crippen LogP contribution in [0.2, 0.25) is 0 Å². The van der Waals surface area contributed by atoms with Crippen LogP contribution >= 0.6 is 11.8 Å². The molecule has 0 unspecified atom stereocenters. The summed E-state index contributed by atoms with van der Waals surface area (Å²) in [6.07, 6.45) is -2.76. The number of halogens is 3. The lowest BCUT2D eigenvalue weighted by molar-refractivity contribution is -0.172. The summed E-state index contributed by atoms with van der Waals surface area (Å²) < 4.78 is 39.5. The maximum atomic E-state index is 11.7. The molecule has 1 rings (SSSR count). The van der Waals surface area contributed by atoms with Gasteiger partial charge in [0.05, 0.1) is 23.5 Å². The second kappa shape index (κ2) is 5.95. The molecule has 0 radical (unpaired) electrons. The lowest BCUT2D eigenvalue weighted by Gasteiger charge is -2.06. The van der Waals surface area contributed by atoms with E-state index < -0.39 is 12.8 Å². The number of anilines is 1. The summed E-state index contributed by atoms with van der Waals surface area (Å²) in [7, 11) is 0. The van der Waals surface area contributed by atoms with Crippen molar-refractivity contribution in [1.82, 2.24) is 4.98 Å². The minimum Gasteiger partial charge on any atom is -0.397 e. The normalized spacial score (nSPS) is 11.7. The maximum absolute atomic E-state index is 11.7. The molecule has 0 saturated carbocycles. The van der Waals surface area contributed by atoms with Gasteiger partial charge < -0.3 is 10.5 Å². The number of ether oxygens (including phenoxy) is 1. The van der Waals surface area contributed by atoms with Gasteiger partial charge in [0.25, 0.3) is 0 Å². The van der Waals surface area contributed by atoms with Gasteiger partial charge in [0.1, 0.15) is 6.61 Å².